The fraction of sp³-hybridized carbons (Fsp3) is 0.697. The predicted molar refractivity (Wildman–Crippen MR) is 171 cm³/mol. The quantitative estimate of drug-likeness (QED) is 0.281. The van der Waals surface area contributed by atoms with E-state index in [2.05, 4.69) is 33.1 Å². The normalized spacial score (nSPS) is 21.7. The number of nitrogens with zero attached hydrogens (tertiary/aromatic N) is 1. The molecule has 1 heterocycles. The first kappa shape index (κ1) is 37.0. The molecule has 0 radical (unpaired) electrons. The second kappa shape index (κ2) is 20.7. The predicted octanol–water partition coefficient (Wildman–Crippen LogP) is 2.30. The summed E-state index contributed by atoms with van der Waals surface area (Å²) >= 11 is 0. The molecule has 0 saturated heterocycles. The van der Waals surface area contributed by atoms with Gasteiger partial charge in [0.2, 0.25) is 17.7 Å². The lowest BCUT2D eigenvalue weighted by Crippen LogP contribution is -2.57. The van der Waals surface area contributed by atoms with E-state index in [1.807, 2.05) is 13.8 Å². The Balaban J connectivity index is 2.16. The number of hydrogen-bond donors (Lipinski definition) is 5. The number of nitrogens with one attached hydrogen (secondary N) is 4. The van der Waals surface area contributed by atoms with Gasteiger partial charge >= 0.3 is 0 Å². The van der Waals surface area contributed by atoms with Crippen LogP contribution in [0.2, 0.25) is 0 Å². The third-order valence-corrected chi connectivity index (χ3v) is 7.56. The smallest absolute Gasteiger partial charge is 0.257 e. The van der Waals surface area contributed by atoms with E-state index < -0.39 is 30.0 Å². The molecule has 0 spiro atoms. The van der Waals surface area contributed by atoms with Crippen molar-refractivity contribution in [2.45, 2.75) is 104 Å². The Morgan fingerprint density at radius 2 is 1.66 bits per heavy atom. The maximum absolute atomic E-state index is 13.3. The summed E-state index contributed by atoms with van der Waals surface area (Å²) < 4.78 is 5.68. The zero-order valence-electron chi connectivity index (χ0n) is 27.2. The number of rotatable bonds is 8. The van der Waals surface area contributed by atoms with E-state index in [0.717, 1.165) is 45.3 Å². The van der Waals surface area contributed by atoms with E-state index >= 15 is 0 Å². The van der Waals surface area contributed by atoms with Crippen LogP contribution in [0.3, 0.4) is 0 Å². The van der Waals surface area contributed by atoms with Gasteiger partial charge in [-0.05, 0) is 82.3 Å². The molecule has 2 rings (SSSR count). The lowest BCUT2D eigenvalue weighted by Gasteiger charge is -2.26. The number of benzene rings is 1. The first-order chi connectivity index (χ1) is 21.1. The van der Waals surface area contributed by atoms with E-state index in [4.69, 9.17) is 4.74 Å². The van der Waals surface area contributed by atoms with Gasteiger partial charge < -0.3 is 36.0 Å². The van der Waals surface area contributed by atoms with E-state index in [1.54, 1.807) is 24.3 Å². The van der Waals surface area contributed by atoms with Crippen LogP contribution in [0.1, 0.15) is 84.6 Å². The Bertz CT molecular complexity index is 1030. The molecule has 11 nitrogen and oxygen atoms in total. The molecular weight excluding hydrogens is 562 g/mol. The van der Waals surface area contributed by atoms with Crippen LogP contribution in [0.4, 0.5) is 0 Å². The Kier molecular flexibility index (Phi) is 17.4. The fourth-order valence-corrected chi connectivity index (χ4v) is 5.15. The summed E-state index contributed by atoms with van der Waals surface area (Å²) in [5.41, 5.74) is 0.666. The number of hydrogen-bond acceptors (Lipinski definition) is 7. The summed E-state index contributed by atoms with van der Waals surface area (Å²) in [7, 11) is 0. The van der Waals surface area contributed by atoms with Crippen LogP contribution in [0.5, 0.6) is 5.75 Å². The number of carbonyl (C=O) groups is 4. The minimum atomic E-state index is -1.14. The minimum absolute atomic E-state index is 0.000529. The molecule has 5 N–H and O–H groups in total. The first-order valence-electron chi connectivity index (χ1n) is 16.3. The van der Waals surface area contributed by atoms with Crippen LogP contribution in [-0.4, -0.2) is 91.2 Å². The van der Waals surface area contributed by atoms with Gasteiger partial charge in [-0.1, -0.05) is 52.2 Å². The van der Waals surface area contributed by atoms with Gasteiger partial charge in [0, 0.05) is 13.1 Å². The fourth-order valence-electron chi connectivity index (χ4n) is 5.15. The highest BCUT2D eigenvalue weighted by Crippen LogP contribution is 2.15. The van der Waals surface area contributed by atoms with Crippen molar-refractivity contribution >= 4 is 23.6 Å². The number of fused-ring (bicyclic) bond motifs is 2. The van der Waals surface area contributed by atoms with Crippen molar-refractivity contribution in [3.63, 3.8) is 0 Å². The maximum atomic E-state index is 13.3. The van der Waals surface area contributed by atoms with Crippen molar-refractivity contribution < 1.29 is 29.0 Å². The Morgan fingerprint density at radius 3 is 2.39 bits per heavy atom. The highest BCUT2D eigenvalue weighted by molar-refractivity contribution is 5.92. The van der Waals surface area contributed by atoms with Gasteiger partial charge in [-0.2, -0.15) is 0 Å². The van der Waals surface area contributed by atoms with Crippen molar-refractivity contribution in [3.8, 4) is 5.75 Å². The van der Waals surface area contributed by atoms with E-state index in [9.17, 15) is 24.3 Å². The van der Waals surface area contributed by atoms with Crippen molar-refractivity contribution in [1.29, 1.82) is 0 Å². The zero-order chi connectivity index (χ0) is 32.3. The van der Waals surface area contributed by atoms with Gasteiger partial charge in [-0.3, -0.25) is 19.2 Å². The van der Waals surface area contributed by atoms with Crippen molar-refractivity contribution in [2.24, 2.45) is 5.92 Å². The monoisotopic (exact) mass is 617 g/mol. The lowest BCUT2D eigenvalue weighted by atomic mass is 10.0. The van der Waals surface area contributed by atoms with E-state index in [-0.39, 0.29) is 30.8 Å². The van der Waals surface area contributed by atoms with Gasteiger partial charge in [-0.25, -0.2) is 0 Å². The molecule has 1 aromatic rings. The van der Waals surface area contributed by atoms with Crippen LogP contribution < -0.4 is 26.0 Å². The highest BCUT2D eigenvalue weighted by atomic mass is 16.5. The maximum Gasteiger partial charge on any atom is 0.257 e. The van der Waals surface area contributed by atoms with Crippen molar-refractivity contribution in [1.82, 2.24) is 26.2 Å². The number of carbonyl (C=O) groups excluding carboxylic acids is 4. The third-order valence-electron chi connectivity index (χ3n) is 7.56. The summed E-state index contributed by atoms with van der Waals surface area (Å²) in [5, 5.41) is 21.6. The molecule has 0 unspecified atom stereocenters. The molecule has 0 saturated carbocycles. The zero-order valence-corrected chi connectivity index (χ0v) is 27.2. The molecule has 248 valence electrons. The third kappa shape index (κ3) is 15.0. The summed E-state index contributed by atoms with van der Waals surface area (Å²) in [6, 6.07) is 4.93. The summed E-state index contributed by atoms with van der Waals surface area (Å²) in [4.78, 5) is 54.0. The Hall–Kier alpha value is -3.18. The molecule has 0 fully saturated rings. The number of ether oxygens (including phenoxy) is 1. The molecular formula is C33H55N5O6. The van der Waals surface area contributed by atoms with Crippen molar-refractivity contribution in [2.75, 3.05) is 39.3 Å². The molecule has 4 amide bonds. The van der Waals surface area contributed by atoms with E-state index in [0.29, 0.717) is 30.8 Å². The molecule has 44 heavy (non-hydrogen) atoms. The second-order valence-electron chi connectivity index (χ2n) is 12.2. The van der Waals surface area contributed by atoms with Gasteiger partial charge in [0.1, 0.15) is 17.8 Å². The molecule has 11 heteroatoms. The first-order valence-corrected chi connectivity index (χ1v) is 16.3. The van der Waals surface area contributed by atoms with Crippen LogP contribution in [0.15, 0.2) is 24.3 Å². The molecule has 1 aliphatic heterocycles. The number of aliphatic hydroxyl groups excluding tert-OH is 1. The van der Waals surface area contributed by atoms with Crippen LogP contribution >= 0.6 is 0 Å². The molecule has 0 aromatic heterocycles. The second-order valence-corrected chi connectivity index (χ2v) is 12.2. The van der Waals surface area contributed by atoms with Gasteiger partial charge in [0.15, 0.2) is 6.61 Å². The average Bonchev–Trinajstić information content (AvgIpc) is 2.97. The molecule has 1 aliphatic rings. The molecule has 2 bridgehead atoms. The number of amides is 4. The lowest BCUT2D eigenvalue weighted by molar-refractivity contribution is -0.134. The number of aliphatic hydroxyl groups is 1. The van der Waals surface area contributed by atoms with Gasteiger partial charge in [0.05, 0.1) is 12.5 Å². The SMILES string of the molecule is CCCCCCN1CCCCNC(=O)[C@H]([C@@H](C)O)NC(=O)[C@@H](CC(C)C)NC(=O)Cc2cccc(c2)OCC(=O)NCCC1. The van der Waals surface area contributed by atoms with Crippen molar-refractivity contribution in [3.05, 3.63) is 29.8 Å². The largest absolute Gasteiger partial charge is 0.484 e. The molecule has 3 atom stereocenters. The van der Waals surface area contributed by atoms with Crippen LogP contribution in [-0.2, 0) is 25.6 Å². The Morgan fingerprint density at radius 1 is 0.909 bits per heavy atom. The average molecular weight is 618 g/mol. The summed E-state index contributed by atoms with van der Waals surface area (Å²) in [6.45, 7) is 11.1. The van der Waals surface area contributed by atoms with E-state index in [1.165, 1.54) is 26.2 Å². The topological polar surface area (TPSA) is 149 Å². The van der Waals surface area contributed by atoms with Gasteiger partial charge in [-0.15, -0.1) is 0 Å². The van der Waals surface area contributed by atoms with Crippen LogP contribution in [0, 0.1) is 5.92 Å². The van der Waals surface area contributed by atoms with Gasteiger partial charge in [0.25, 0.3) is 5.91 Å². The minimum Gasteiger partial charge on any atom is -0.484 e. The summed E-state index contributed by atoms with van der Waals surface area (Å²) in [6.07, 6.45) is 6.39. The van der Waals surface area contributed by atoms with Crippen LogP contribution in [0.25, 0.3) is 0 Å². The standard InChI is InChI=1S/C33H55N5O6/c1-5-6-7-9-17-38-18-10-8-15-35-33(43)31(25(4)39)37-32(42)28(20-24(2)3)36-29(40)22-26-13-11-14-27(21-26)44-23-30(41)34-16-12-19-38/h11,13-14,21,24-25,28,31,39H,5-10,12,15-20,22-23H2,1-4H3,(H,34,41)(H,35,43)(H,36,40)(H,37,42)/t25-,28-,31+/m1/s1. The summed E-state index contributed by atoms with van der Waals surface area (Å²) in [5.74, 6) is -0.990. The number of unbranched alkanes of at least 4 members (excludes halogenated alkanes) is 3. The molecule has 1 aromatic carbocycles. The molecule has 0 aliphatic carbocycles. The highest BCUT2D eigenvalue weighted by Gasteiger charge is 2.30. The Labute approximate surface area is 263 Å².